The number of phenolic OH excluding ortho intramolecular Hbond substituents is 1. The van der Waals surface area contributed by atoms with Gasteiger partial charge in [0, 0.05) is 5.75 Å². The first-order valence-corrected chi connectivity index (χ1v) is 3.30. The van der Waals surface area contributed by atoms with Gasteiger partial charge in [0.2, 0.25) is 0 Å². The molecule has 0 heterocycles. The molecule has 0 amide bonds. The van der Waals surface area contributed by atoms with Crippen LogP contribution in [-0.2, 0) is 32.7 Å². The second kappa shape index (κ2) is 4.22. The average molecular weight is 224 g/mol. The first-order chi connectivity index (χ1) is 4.63. The third kappa shape index (κ3) is 2.28. The summed E-state index contributed by atoms with van der Waals surface area (Å²) in [6.45, 7) is 5.88. The van der Waals surface area contributed by atoms with Crippen LogP contribution in [0.5, 0.6) is 5.75 Å². The Hall–Kier alpha value is 0.124. The van der Waals surface area contributed by atoms with Crippen LogP contribution >= 0.6 is 0 Å². The zero-order valence-corrected chi connectivity index (χ0v) is 9.94. The van der Waals surface area contributed by atoms with Gasteiger partial charge in [0.25, 0.3) is 0 Å². The van der Waals surface area contributed by atoms with Gasteiger partial charge >= 0.3 is 32.7 Å². The van der Waals surface area contributed by atoms with Crippen LogP contribution in [0, 0.1) is 26.8 Å². The second-order valence-corrected chi connectivity index (χ2v) is 2.55. The fourth-order valence-corrected chi connectivity index (χ4v) is 0.866. The first-order valence-electron chi connectivity index (χ1n) is 3.30. The van der Waals surface area contributed by atoms with E-state index in [0.29, 0.717) is 5.75 Å². The molecule has 0 unspecified atom stereocenters. The van der Waals surface area contributed by atoms with Crippen LogP contribution in [0.2, 0.25) is 0 Å². The van der Waals surface area contributed by atoms with Crippen molar-refractivity contribution >= 4 is 0 Å². The molecule has 0 radical (unpaired) electrons. The van der Waals surface area contributed by atoms with Gasteiger partial charge in [-0.05, 0) is 0 Å². The third-order valence-corrected chi connectivity index (χ3v) is 1.93. The Morgan fingerprint density at radius 2 is 1.73 bits per heavy atom. The predicted molar refractivity (Wildman–Crippen MR) is 41.2 cm³/mol. The van der Waals surface area contributed by atoms with E-state index in [1.54, 1.807) is 6.07 Å². The van der Waals surface area contributed by atoms with Gasteiger partial charge in [0.15, 0.2) is 0 Å². The molecule has 0 aliphatic carbocycles. The molecule has 0 saturated carbocycles. The number of aryl methyl sites for hydroxylation is 1. The summed E-state index contributed by atoms with van der Waals surface area (Å²) in [6, 6.07) is 4.57. The second-order valence-electron chi connectivity index (χ2n) is 2.55. The maximum atomic E-state index is 9.19. The first kappa shape index (κ1) is 11.1. The number of hydrogen-bond acceptors (Lipinski definition) is 1. The third-order valence-electron chi connectivity index (χ3n) is 1.93. The summed E-state index contributed by atoms with van der Waals surface area (Å²) >= 11 is 0. The molecule has 0 saturated heterocycles. The Bertz CT molecular complexity index is 229. The molecule has 1 N–H and O–H groups in total. The summed E-state index contributed by atoms with van der Waals surface area (Å²) in [7, 11) is 0. The standard InChI is InChI=1S/C9H11O.Y/c1-6-4-5-9(10)8(3)7(6)2;/h5,10H,1-3H3;/q-1;+3. The molecule has 54 valence electrons. The summed E-state index contributed by atoms with van der Waals surface area (Å²) in [6.07, 6.45) is 0. The largest absolute Gasteiger partial charge is 3.00 e. The quantitative estimate of drug-likeness (QED) is 0.669. The van der Waals surface area contributed by atoms with Crippen molar-refractivity contribution in [3.63, 3.8) is 0 Å². The molecule has 0 atom stereocenters. The topological polar surface area (TPSA) is 20.2 Å². The molecule has 0 spiro atoms. The van der Waals surface area contributed by atoms with E-state index in [-0.39, 0.29) is 32.7 Å². The molecule has 0 bridgehead atoms. The monoisotopic (exact) mass is 224 g/mol. The van der Waals surface area contributed by atoms with Crippen LogP contribution in [0.1, 0.15) is 16.7 Å². The van der Waals surface area contributed by atoms with Gasteiger partial charge in [-0.3, -0.25) is 0 Å². The number of rotatable bonds is 0. The van der Waals surface area contributed by atoms with Gasteiger partial charge in [-0.25, -0.2) is 0 Å². The summed E-state index contributed by atoms with van der Waals surface area (Å²) in [5.74, 6) is 0.336. The zero-order chi connectivity index (χ0) is 7.72. The van der Waals surface area contributed by atoms with Crippen LogP contribution in [-0.4, -0.2) is 5.11 Å². The predicted octanol–water partition coefficient (Wildman–Crippen LogP) is 2.12. The Morgan fingerprint density at radius 1 is 1.18 bits per heavy atom. The molecule has 0 aromatic heterocycles. The van der Waals surface area contributed by atoms with E-state index in [9.17, 15) is 5.11 Å². The molecule has 1 rings (SSSR count). The minimum absolute atomic E-state index is 0. The van der Waals surface area contributed by atoms with Crippen LogP contribution in [0.3, 0.4) is 0 Å². The van der Waals surface area contributed by atoms with E-state index in [2.05, 4.69) is 6.07 Å². The fourth-order valence-electron chi connectivity index (χ4n) is 0.866. The number of aromatic hydroxyl groups is 1. The van der Waals surface area contributed by atoms with Crippen LogP contribution in [0.4, 0.5) is 0 Å². The molecule has 0 aliphatic rings. The van der Waals surface area contributed by atoms with Crippen molar-refractivity contribution in [1.82, 2.24) is 0 Å². The Labute approximate surface area is 92.7 Å². The van der Waals surface area contributed by atoms with E-state index in [1.807, 2.05) is 20.8 Å². The van der Waals surface area contributed by atoms with E-state index in [1.165, 1.54) is 0 Å². The zero-order valence-electron chi connectivity index (χ0n) is 7.10. The van der Waals surface area contributed by atoms with Gasteiger partial charge < -0.3 is 5.11 Å². The summed E-state index contributed by atoms with van der Waals surface area (Å²) in [5, 5.41) is 9.19. The Balaban J connectivity index is 0.000001000. The van der Waals surface area contributed by atoms with Crippen molar-refractivity contribution < 1.29 is 37.8 Å². The maximum Gasteiger partial charge on any atom is 3.00 e. The molecule has 1 aromatic rings. The molecule has 0 aliphatic heterocycles. The van der Waals surface area contributed by atoms with Crippen LogP contribution < -0.4 is 0 Å². The number of phenols is 1. The van der Waals surface area contributed by atoms with Gasteiger partial charge in [-0.2, -0.15) is 11.6 Å². The number of benzene rings is 1. The molecule has 1 nitrogen and oxygen atoms in total. The molecule has 0 fully saturated rings. The number of hydrogen-bond donors (Lipinski definition) is 1. The van der Waals surface area contributed by atoms with Crippen molar-refractivity contribution in [3.8, 4) is 5.75 Å². The van der Waals surface area contributed by atoms with Crippen LogP contribution in [0.15, 0.2) is 6.07 Å². The van der Waals surface area contributed by atoms with E-state index < -0.39 is 0 Å². The van der Waals surface area contributed by atoms with E-state index in [4.69, 9.17) is 0 Å². The molecular formula is C9H11OY+2. The van der Waals surface area contributed by atoms with Crippen molar-refractivity contribution in [3.05, 3.63) is 28.8 Å². The minimum Gasteiger partial charge on any atom is -0.565 e. The van der Waals surface area contributed by atoms with E-state index in [0.717, 1.165) is 16.7 Å². The molecule has 2 heteroatoms. The van der Waals surface area contributed by atoms with Crippen molar-refractivity contribution in [2.75, 3.05) is 0 Å². The molecule has 11 heavy (non-hydrogen) atoms. The maximum absolute atomic E-state index is 9.19. The van der Waals surface area contributed by atoms with Crippen molar-refractivity contribution in [2.45, 2.75) is 20.8 Å². The fraction of sp³-hybridized carbons (Fsp3) is 0.333. The van der Waals surface area contributed by atoms with Crippen LogP contribution in [0.25, 0.3) is 0 Å². The van der Waals surface area contributed by atoms with Gasteiger partial charge in [-0.15, -0.1) is 17.2 Å². The van der Waals surface area contributed by atoms with Gasteiger partial charge in [0.05, 0.1) is 0 Å². The Morgan fingerprint density at radius 3 is 2.18 bits per heavy atom. The average Bonchev–Trinajstić information content (AvgIpc) is 1.93. The SMILES string of the molecule is Cc1[c-]cc(O)c(C)c1C.[Y+3]. The normalized spacial score (nSPS) is 9.00. The summed E-state index contributed by atoms with van der Waals surface area (Å²) in [4.78, 5) is 0. The van der Waals surface area contributed by atoms with Gasteiger partial charge in [0.1, 0.15) is 0 Å². The minimum atomic E-state index is 0. The van der Waals surface area contributed by atoms with E-state index >= 15 is 0 Å². The molecular weight excluding hydrogens is 213 g/mol. The smallest absolute Gasteiger partial charge is 0.565 e. The van der Waals surface area contributed by atoms with Crippen molar-refractivity contribution in [2.24, 2.45) is 0 Å². The Kier molecular flexibility index (Phi) is 4.27. The summed E-state index contributed by atoms with van der Waals surface area (Å²) in [5.41, 5.74) is 3.19. The van der Waals surface area contributed by atoms with Crippen molar-refractivity contribution in [1.29, 1.82) is 0 Å². The molecule has 1 aromatic carbocycles. The summed E-state index contributed by atoms with van der Waals surface area (Å²) < 4.78 is 0. The van der Waals surface area contributed by atoms with Gasteiger partial charge in [-0.1, -0.05) is 20.8 Å².